The minimum absolute atomic E-state index is 0.0321. The molecule has 124 valence electrons. The molecule has 3 N–H and O–H groups in total. The number of hydrogen-bond acceptors (Lipinski definition) is 6. The molecule has 0 saturated heterocycles. The van der Waals surface area contributed by atoms with Gasteiger partial charge in [0.1, 0.15) is 12.0 Å². The van der Waals surface area contributed by atoms with E-state index in [2.05, 4.69) is 22.4 Å². The van der Waals surface area contributed by atoms with Gasteiger partial charge in [0.05, 0.1) is 10.5 Å². The summed E-state index contributed by atoms with van der Waals surface area (Å²) in [6.45, 7) is 0.609. The fraction of sp³-hybridized carbons (Fsp3) is 0.250. The highest BCUT2D eigenvalue weighted by molar-refractivity contribution is 8.01. The Labute approximate surface area is 142 Å². The maximum atomic E-state index is 11.5. The van der Waals surface area contributed by atoms with E-state index in [-0.39, 0.29) is 21.8 Å². The molecule has 0 spiro atoms. The number of nitrogens with zero attached hydrogens (tertiary/aromatic N) is 2. The molecule has 24 heavy (non-hydrogen) atoms. The summed E-state index contributed by atoms with van der Waals surface area (Å²) in [5.41, 5.74) is 5.09. The molecule has 1 heterocycles. The van der Waals surface area contributed by atoms with Crippen LogP contribution in [0.2, 0.25) is 0 Å². The molecule has 3 rings (SSSR count). The van der Waals surface area contributed by atoms with Crippen molar-refractivity contribution in [2.75, 3.05) is 11.9 Å². The minimum atomic E-state index is -0.741. The fourth-order valence-electron chi connectivity index (χ4n) is 2.32. The first-order chi connectivity index (χ1) is 11.5. The van der Waals surface area contributed by atoms with E-state index in [1.807, 2.05) is 18.2 Å². The van der Waals surface area contributed by atoms with Gasteiger partial charge < -0.3 is 11.1 Å². The third-order valence-electron chi connectivity index (χ3n) is 3.81. The molecule has 0 bridgehead atoms. The van der Waals surface area contributed by atoms with Crippen molar-refractivity contribution in [2.45, 2.75) is 22.5 Å². The van der Waals surface area contributed by atoms with Crippen molar-refractivity contribution < 1.29 is 9.72 Å². The molecule has 0 unspecified atom stereocenters. The molecule has 8 heteroatoms. The minimum Gasteiger partial charge on any atom is -0.368 e. The monoisotopic (exact) mass is 344 g/mol. The number of pyridine rings is 1. The molecule has 1 amide bonds. The van der Waals surface area contributed by atoms with Crippen LogP contribution in [0.5, 0.6) is 0 Å². The van der Waals surface area contributed by atoms with Crippen molar-refractivity contribution in [1.29, 1.82) is 0 Å². The second kappa shape index (κ2) is 6.48. The first-order valence-electron chi connectivity index (χ1n) is 7.41. The van der Waals surface area contributed by atoms with E-state index in [1.165, 1.54) is 4.90 Å². The molecule has 1 aromatic carbocycles. The number of rotatable bonds is 7. The van der Waals surface area contributed by atoms with Gasteiger partial charge in [-0.05, 0) is 25.0 Å². The molecule has 1 aliphatic carbocycles. The molecule has 0 atom stereocenters. The van der Waals surface area contributed by atoms with Crippen molar-refractivity contribution in [3.05, 3.63) is 58.3 Å². The molecular weight excluding hydrogens is 328 g/mol. The number of nitro groups is 1. The van der Waals surface area contributed by atoms with Crippen molar-refractivity contribution in [3.63, 3.8) is 0 Å². The van der Waals surface area contributed by atoms with E-state index in [0.717, 1.165) is 25.1 Å². The lowest BCUT2D eigenvalue weighted by Gasteiger charge is -2.17. The highest BCUT2D eigenvalue weighted by Gasteiger charge is 2.43. The zero-order chi connectivity index (χ0) is 17.2. The summed E-state index contributed by atoms with van der Waals surface area (Å²) in [5, 5.41) is 13.9. The van der Waals surface area contributed by atoms with Crippen LogP contribution in [0.4, 0.5) is 11.5 Å². The van der Waals surface area contributed by atoms with Crippen molar-refractivity contribution in [3.8, 4) is 0 Å². The van der Waals surface area contributed by atoms with E-state index in [9.17, 15) is 14.9 Å². The van der Waals surface area contributed by atoms with Gasteiger partial charge in [-0.1, -0.05) is 18.2 Å². The Morgan fingerprint density at radius 3 is 2.67 bits per heavy atom. The molecule has 1 aromatic heterocycles. The molecule has 1 fully saturated rings. The summed E-state index contributed by atoms with van der Waals surface area (Å²) in [7, 11) is 0. The Bertz CT molecular complexity index is 778. The molecular formula is C16H16N4O3S. The van der Waals surface area contributed by atoms with Crippen LogP contribution in [0.25, 0.3) is 0 Å². The number of carbonyl (C=O) groups excluding carboxylic acids is 1. The Balaban J connectivity index is 1.72. The van der Waals surface area contributed by atoms with E-state index in [1.54, 1.807) is 11.8 Å². The highest BCUT2D eigenvalue weighted by atomic mass is 32.2. The topological polar surface area (TPSA) is 111 Å². The standard InChI is InChI=1S/C16H16N4O3S/c17-14(21)13-8-11(20(22)23)9-18-15(13)19-10-16(6-7-16)24-12-4-2-1-3-5-12/h1-5,8-9H,6-7,10H2,(H2,17,21)(H,18,19). The van der Waals surface area contributed by atoms with Crippen LogP contribution < -0.4 is 11.1 Å². The van der Waals surface area contributed by atoms with Gasteiger partial charge in [-0.15, -0.1) is 11.8 Å². The van der Waals surface area contributed by atoms with Crippen LogP contribution in [0, 0.1) is 10.1 Å². The number of anilines is 1. The van der Waals surface area contributed by atoms with Gasteiger partial charge in [0.2, 0.25) is 0 Å². The number of nitrogens with two attached hydrogens (primary N) is 1. The predicted molar refractivity (Wildman–Crippen MR) is 92.2 cm³/mol. The van der Waals surface area contributed by atoms with Gasteiger partial charge in [-0.25, -0.2) is 4.98 Å². The number of aromatic nitrogens is 1. The molecule has 0 radical (unpaired) electrons. The third-order valence-corrected chi connectivity index (χ3v) is 5.31. The van der Waals surface area contributed by atoms with Crippen LogP contribution in [-0.4, -0.2) is 27.1 Å². The average Bonchev–Trinajstić information content (AvgIpc) is 3.33. The lowest BCUT2D eigenvalue weighted by atomic mass is 10.2. The van der Waals surface area contributed by atoms with E-state index in [0.29, 0.717) is 6.54 Å². The summed E-state index contributed by atoms with van der Waals surface area (Å²) >= 11 is 1.78. The zero-order valence-corrected chi connectivity index (χ0v) is 13.6. The summed E-state index contributed by atoms with van der Waals surface area (Å²) in [6.07, 6.45) is 3.23. The molecule has 1 saturated carbocycles. The van der Waals surface area contributed by atoms with Crippen LogP contribution in [0.3, 0.4) is 0 Å². The van der Waals surface area contributed by atoms with Crippen LogP contribution in [0.15, 0.2) is 47.5 Å². The van der Waals surface area contributed by atoms with Crippen molar-refractivity contribution in [1.82, 2.24) is 4.98 Å². The van der Waals surface area contributed by atoms with Gasteiger partial charge in [-0.3, -0.25) is 14.9 Å². The predicted octanol–water partition coefficient (Wildman–Crippen LogP) is 2.83. The number of benzene rings is 1. The van der Waals surface area contributed by atoms with Crippen molar-refractivity contribution in [2.24, 2.45) is 5.73 Å². The van der Waals surface area contributed by atoms with E-state index in [4.69, 9.17) is 5.73 Å². The van der Waals surface area contributed by atoms with Gasteiger partial charge in [-0.2, -0.15) is 0 Å². The lowest BCUT2D eigenvalue weighted by Crippen LogP contribution is -2.22. The van der Waals surface area contributed by atoms with Gasteiger partial charge >= 0.3 is 0 Å². The smallest absolute Gasteiger partial charge is 0.288 e. The normalized spacial score (nSPS) is 14.8. The SMILES string of the molecule is NC(=O)c1cc([N+](=O)[O-])cnc1NCC1(Sc2ccccc2)CC1. The van der Waals surface area contributed by atoms with Crippen LogP contribution >= 0.6 is 11.8 Å². The van der Waals surface area contributed by atoms with Gasteiger partial charge in [0.15, 0.2) is 0 Å². The van der Waals surface area contributed by atoms with Crippen LogP contribution in [-0.2, 0) is 0 Å². The summed E-state index contributed by atoms with van der Waals surface area (Å²) in [6, 6.07) is 11.2. The summed E-state index contributed by atoms with van der Waals surface area (Å²) < 4.78 is 0.0553. The number of carbonyl (C=O) groups is 1. The quantitative estimate of drug-likeness (QED) is 0.590. The Hall–Kier alpha value is -2.61. The van der Waals surface area contributed by atoms with E-state index >= 15 is 0 Å². The first kappa shape index (κ1) is 16.3. The number of nitrogens with one attached hydrogen (secondary N) is 1. The second-order valence-electron chi connectivity index (χ2n) is 5.66. The number of primary amides is 1. The Kier molecular flexibility index (Phi) is 4.39. The molecule has 0 aliphatic heterocycles. The zero-order valence-electron chi connectivity index (χ0n) is 12.8. The van der Waals surface area contributed by atoms with Gasteiger partial charge in [0, 0.05) is 22.3 Å². The fourth-order valence-corrected chi connectivity index (χ4v) is 3.56. The summed E-state index contributed by atoms with van der Waals surface area (Å²) in [4.78, 5) is 26.9. The number of hydrogen-bond donors (Lipinski definition) is 2. The molecule has 1 aliphatic rings. The maximum absolute atomic E-state index is 11.5. The van der Waals surface area contributed by atoms with E-state index < -0.39 is 10.8 Å². The second-order valence-corrected chi connectivity index (χ2v) is 7.20. The molecule has 2 aromatic rings. The number of amides is 1. The molecule has 7 nitrogen and oxygen atoms in total. The van der Waals surface area contributed by atoms with Crippen LogP contribution in [0.1, 0.15) is 23.2 Å². The summed E-state index contributed by atoms with van der Waals surface area (Å²) in [5.74, 6) is -0.456. The number of thioether (sulfide) groups is 1. The lowest BCUT2D eigenvalue weighted by molar-refractivity contribution is -0.385. The van der Waals surface area contributed by atoms with Crippen molar-refractivity contribution >= 4 is 29.2 Å². The van der Waals surface area contributed by atoms with Gasteiger partial charge in [0.25, 0.3) is 11.6 Å². The first-order valence-corrected chi connectivity index (χ1v) is 8.23. The Morgan fingerprint density at radius 2 is 2.08 bits per heavy atom. The maximum Gasteiger partial charge on any atom is 0.288 e. The highest BCUT2D eigenvalue weighted by Crippen LogP contribution is 2.51. The largest absolute Gasteiger partial charge is 0.368 e. The third kappa shape index (κ3) is 3.65. The average molecular weight is 344 g/mol. The Morgan fingerprint density at radius 1 is 1.38 bits per heavy atom.